The largest absolute Gasteiger partial charge is 0.103 e. The van der Waals surface area contributed by atoms with Crippen molar-refractivity contribution in [2.75, 3.05) is 0 Å². The van der Waals surface area contributed by atoms with Gasteiger partial charge in [-0.1, -0.05) is 18.2 Å². The van der Waals surface area contributed by atoms with E-state index in [0.717, 1.165) is 19.3 Å². The molecule has 0 unspecified atom stereocenters. The predicted molar refractivity (Wildman–Crippen MR) is 49.1 cm³/mol. The summed E-state index contributed by atoms with van der Waals surface area (Å²) in [7, 11) is 0. The Labute approximate surface area is 68.6 Å². The molecule has 0 aromatic carbocycles. The molecule has 1 radical (unpaired) electrons. The first-order chi connectivity index (χ1) is 5.38. The fraction of sp³-hybridized carbons (Fsp3) is 0.273. The fourth-order valence-electron chi connectivity index (χ4n) is 1.24. The van der Waals surface area contributed by atoms with Gasteiger partial charge < -0.3 is 0 Å². The maximum Gasteiger partial charge on any atom is -0.00855 e. The second-order valence-electron chi connectivity index (χ2n) is 2.57. The maximum atomic E-state index is 3.71. The molecule has 0 bridgehead atoms. The lowest BCUT2D eigenvalue weighted by Gasteiger charge is -2.01. The topological polar surface area (TPSA) is 0 Å². The molecule has 0 N–H and O–H groups in total. The van der Waals surface area contributed by atoms with Crippen LogP contribution in [0.15, 0.2) is 42.5 Å². The summed E-state index contributed by atoms with van der Waals surface area (Å²) in [6.07, 6.45) is 12.2. The Kier molecular flexibility index (Phi) is 2.91. The van der Waals surface area contributed by atoms with Crippen molar-refractivity contribution < 1.29 is 0 Å². The second kappa shape index (κ2) is 3.97. The van der Waals surface area contributed by atoms with E-state index in [2.05, 4.69) is 25.3 Å². The Bertz CT molecular complexity index is 192. The van der Waals surface area contributed by atoms with Crippen molar-refractivity contribution in [3.63, 3.8) is 0 Å². The SMILES string of the molecule is C=CCC1=[C]CC=C1CC=C. The van der Waals surface area contributed by atoms with Crippen molar-refractivity contribution in [3.8, 4) is 0 Å². The van der Waals surface area contributed by atoms with Crippen LogP contribution in [0.3, 0.4) is 0 Å². The fourth-order valence-corrected chi connectivity index (χ4v) is 1.24. The van der Waals surface area contributed by atoms with Gasteiger partial charge in [0.2, 0.25) is 0 Å². The van der Waals surface area contributed by atoms with Gasteiger partial charge in [0.1, 0.15) is 0 Å². The first-order valence-corrected chi connectivity index (χ1v) is 3.89. The van der Waals surface area contributed by atoms with E-state index in [1.54, 1.807) is 0 Å². The predicted octanol–water partition coefficient (Wildman–Crippen LogP) is 3.20. The molecule has 0 spiro atoms. The number of hydrogen-bond donors (Lipinski definition) is 0. The molecule has 1 aliphatic rings. The van der Waals surface area contributed by atoms with Gasteiger partial charge in [-0.05, 0) is 36.5 Å². The van der Waals surface area contributed by atoms with Gasteiger partial charge in [-0.2, -0.15) is 0 Å². The van der Waals surface area contributed by atoms with Gasteiger partial charge in [-0.25, -0.2) is 0 Å². The molecule has 0 aromatic heterocycles. The molecule has 0 saturated carbocycles. The van der Waals surface area contributed by atoms with Crippen LogP contribution in [0, 0.1) is 6.08 Å². The van der Waals surface area contributed by atoms with Crippen molar-refractivity contribution in [2.24, 2.45) is 0 Å². The summed E-state index contributed by atoms with van der Waals surface area (Å²) in [5.41, 5.74) is 2.68. The minimum Gasteiger partial charge on any atom is -0.103 e. The Morgan fingerprint density at radius 2 is 2.09 bits per heavy atom. The minimum absolute atomic E-state index is 0.944. The van der Waals surface area contributed by atoms with Gasteiger partial charge in [0.05, 0.1) is 0 Å². The highest BCUT2D eigenvalue weighted by Gasteiger charge is 2.06. The maximum absolute atomic E-state index is 3.71. The number of allylic oxidation sites excluding steroid dienone is 6. The monoisotopic (exact) mass is 145 g/mol. The Hall–Kier alpha value is -1.04. The molecule has 0 fully saturated rings. The Morgan fingerprint density at radius 1 is 1.36 bits per heavy atom. The molecule has 1 aliphatic carbocycles. The molecule has 0 amide bonds. The van der Waals surface area contributed by atoms with Crippen molar-refractivity contribution in [3.05, 3.63) is 48.6 Å². The third-order valence-electron chi connectivity index (χ3n) is 1.76. The van der Waals surface area contributed by atoms with E-state index < -0.39 is 0 Å². The van der Waals surface area contributed by atoms with Crippen LogP contribution in [0.4, 0.5) is 0 Å². The lowest BCUT2D eigenvalue weighted by atomic mass is 10.0. The molecule has 0 heterocycles. The highest BCUT2D eigenvalue weighted by atomic mass is 14.1. The molecule has 0 aromatic rings. The third-order valence-corrected chi connectivity index (χ3v) is 1.76. The van der Waals surface area contributed by atoms with Gasteiger partial charge in [-0.15, -0.1) is 13.2 Å². The third kappa shape index (κ3) is 1.94. The van der Waals surface area contributed by atoms with Gasteiger partial charge >= 0.3 is 0 Å². The molecular weight excluding hydrogens is 132 g/mol. The van der Waals surface area contributed by atoms with Gasteiger partial charge in [-0.3, -0.25) is 0 Å². The zero-order chi connectivity index (χ0) is 8.10. The average Bonchev–Trinajstić information content (AvgIpc) is 2.39. The van der Waals surface area contributed by atoms with E-state index in [4.69, 9.17) is 0 Å². The lowest BCUT2D eigenvalue weighted by Crippen LogP contribution is -1.82. The standard InChI is InChI=1S/C11H13/c1-3-6-10-8-5-9-11(10)7-4-2/h3-4,8H,1-2,5-7H2. The van der Waals surface area contributed by atoms with Crippen LogP contribution in [0.25, 0.3) is 0 Å². The van der Waals surface area contributed by atoms with Crippen LogP contribution in [-0.4, -0.2) is 0 Å². The normalized spacial score (nSPS) is 15.6. The van der Waals surface area contributed by atoms with Gasteiger partial charge in [0.25, 0.3) is 0 Å². The molecule has 0 heteroatoms. The molecule has 0 nitrogen and oxygen atoms in total. The van der Waals surface area contributed by atoms with Crippen LogP contribution < -0.4 is 0 Å². The van der Waals surface area contributed by atoms with Crippen molar-refractivity contribution in [2.45, 2.75) is 19.3 Å². The van der Waals surface area contributed by atoms with Crippen LogP contribution in [-0.2, 0) is 0 Å². The summed E-state index contributed by atoms with van der Waals surface area (Å²) in [4.78, 5) is 0. The van der Waals surface area contributed by atoms with E-state index in [9.17, 15) is 0 Å². The smallest absolute Gasteiger partial charge is 0.00855 e. The van der Waals surface area contributed by atoms with E-state index >= 15 is 0 Å². The van der Waals surface area contributed by atoms with E-state index in [1.165, 1.54) is 11.1 Å². The van der Waals surface area contributed by atoms with Crippen LogP contribution in [0.1, 0.15) is 19.3 Å². The highest BCUT2D eigenvalue weighted by Crippen LogP contribution is 2.24. The van der Waals surface area contributed by atoms with Crippen LogP contribution >= 0.6 is 0 Å². The van der Waals surface area contributed by atoms with Crippen molar-refractivity contribution in [1.82, 2.24) is 0 Å². The molecular formula is C11H13. The van der Waals surface area contributed by atoms with Gasteiger partial charge in [0, 0.05) is 0 Å². The first-order valence-electron chi connectivity index (χ1n) is 3.89. The van der Waals surface area contributed by atoms with Crippen molar-refractivity contribution >= 4 is 0 Å². The lowest BCUT2D eigenvalue weighted by molar-refractivity contribution is 1.15. The average molecular weight is 145 g/mol. The number of hydrogen-bond acceptors (Lipinski definition) is 0. The van der Waals surface area contributed by atoms with E-state index in [1.807, 2.05) is 12.2 Å². The van der Waals surface area contributed by atoms with Crippen molar-refractivity contribution in [1.29, 1.82) is 0 Å². The summed E-state index contributed by atoms with van der Waals surface area (Å²) in [6.45, 7) is 7.42. The molecule has 57 valence electrons. The summed E-state index contributed by atoms with van der Waals surface area (Å²) >= 11 is 0. The molecule has 0 saturated heterocycles. The zero-order valence-corrected chi connectivity index (χ0v) is 6.77. The highest BCUT2D eigenvalue weighted by molar-refractivity contribution is 5.36. The van der Waals surface area contributed by atoms with Crippen LogP contribution in [0.2, 0.25) is 0 Å². The first kappa shape index (κ1) is 8.06. The number of rotatable bonds is 4. The minimum atomic E-state index is 0.944. The zero-order valence-electron chi connectivity index (χ0n) is 6.77. The Balaban J connectivity index is 2.59. The summed E-state index contributed by atoms with van der Waals surface area (Å²) < 4.78 is 0. The Morgan fingerprint density at radius 3 is 2.73 bits per heavy atom. The molecule has 0 atom stereocenters. The summed E-state index contributed by atoms with van der Waals surface area (Å²) in [5, 5.41) is 0. The quantitative estimate of drug-likeness (QED) is 0.533. The summed E-state index contributed by atoms with van der Waals surface area (Å²) in [6, 6.07) is 0. The van der Waals surface area contributed by atoms with E-state index in [0.29, 0.717) is 0 Å². The second-order valence-corrected chi connectivity index (χ2v) is 2.57. The van der Waals surface area contributed by atoms with E-state index in [-0.39, 0.29) is 0 Å². The molecule has 1 rings (SSSR count). The molecule has 0 aliphatic heterocycles. The van der Waals surface area contributed by atoms with Gasteiger partial charge in [0.15, 0.2) is 0 Å². The summed E-state index contributed by atoms with van der Waals surface area (Å²) in [5.74, 6) is 0. The molecule has 11 heavy (non-hydrogen) atoms. The van der Waals surface area contributed by atoms with Crippen LogP contribution in [0.5, 0.6) is 0 Å².